The number of nitrogens with one attached hydrogen (secondary N) is 1. The summed E-state index contributed by atoms with van der Waals surface area (Å²) in [7, 11) is 0. The molecular weight excluding hydrogens is 348 g/mol. The second-order valence-electron chi connectivity index (χ2n) is 6.01. The van der Waals surface area contributed by atoms with Crippen molar-refractivity contribution in [3.05, 3.63) is 29.3 Å². The molecule has 0 fully saturated rings. The molecule has 0 saturated heterocycles. The van der Waals surface area contributed by atoms with Crippen LogP contribution in [0.3, 0.4) is 0 Å². The zero-order valence-corrected chi connectivity index (χ0v) is 15.0. The van der Waals surface area contributed by atoms with E-state index in [4.69, 9.17) is 8.94 Å². The fourth-order valence-electron chi connectivity index (χ4n) is 1.76. The first-order valence-electron chi connectivity index (χ1n) is 7.19. The number of nitrogens with zero attached hydrogens (tertiary/aromatic N) is 3. The Morgan fingerprint density at radius 2 is 2.21 bits per heavy atom. The molecule has 0 aliphatic heterocycles. The van der Waals surface area contributed by atoms with Gasteiger partial charge in [0.15, 0.2) is 0 Å². The smallest absolute Gasteiger partial charge is 0.277 e. The maximum absolute atomic E-state index is 12.0. The minimum atomic E-state index is -0.229. The van der Waals surface area contributed by atoms with Crippen LogP contribution in [-0.4, -0.2) is 27.0 Å². The van der Waals surface area contributed by atoms with Crippen LogP contribution in [0.2, 0.25) is 0 Å². The third-order valence-electron chi connectivity index (χ3n) is 3.01. The molecular formula is C15H16N4O3S2. The van der Waals surface area contributed by atoms with Gasteiger partial charge in [-0.15, -0.1) is 21.5 Å². The third-order valence-corrected chi connectivity index (χ3v) is 4.68. The summed E-state index contributed by atoms with van der Waals surface area (Å²) in [5.74, 6) is 0.693. The predicted molar refractivity (Wildman–Crippen MR) is 92.2 cm³/mol. The highest BCUT2D eigenvalue weighted by molar-refractivity contribution is 7.99. The van der Waals surface area contributed by atoms with E-state index in [9.17, 15) is 4.79 Å². The lowest BCUT2D eigenvalue weighted by Gasteiger charge is -2.12. The second-order valence-corrected chi connectivity index (χ2v) is 7.89. The fourth-order valence-corrected chi connectivity index (χ4v) is 2.96. The SMILES string of the molecule is CC(C)(C)c1cc(NC(=O)CSc2nnc(-c3cccs3)o2)on1. The van der Waals surface area contributed by atoms with Crippen molar-refractivity contribution < 1.29 is 13.7 Å². The summed E-state index contributed by atoms with van der Waals surface area (Å²) in [6.45, 7) is 6.06. The van der Waals surface area contributed by atoms with E-state index in [1.807, 2.05) is 38.3 Å². The van der Waals surface area contributed by atoms with Gasteiger partial charge in [-0.05, 0) is 11.4 Å². The number of thioether (sulfide) groups is 1. The van der Waals surface area contributed by atoms with Crippen LogP contribution in [0.4, 0.5) is 5.88 Å². The van der Waals surface area contributed by atoms with Crippen LogP contribution in [0.15, 0.2) is 37.7 Å². The fraction of sp³-hybridized carbons (Fsp3) is 0.333. The number of hydrogen-bond donors (Lipinski definition) is 1. The van der Waals surface area contributed by atoms with Crippen molar-refractivity contribution in [1.82, 2.24) is 15.4 Å². The van der Waals surface area contributed by atoms with Gasteiger partial charge in [-0.3, -0.25) is 10.1 Å². The van der Waals surface area contributed by atoms with E-state index in [0.29, 0.717) is 17.0 Å². The Labute approximate surface area is 146 Å². The number of carbonyl (C=O) groups excluding carboxylic acids is 1. The number of hydrogen-bond acceptors (Lipinski definition) is 8. The Morgan fingerprint density at radius 1 is 1.38 bits per heavy atom. The van der Waals surface area contributed by atoms with Gasteiger partial charge in [0.1, 0.15) is 0 Å². The monoisotopic (exact) mass is 364 g/mol. The molecule has 0 bridgehead atoms. The van der Waals surface area contributed by atoms with E-state index in [1.54, 1.807) is 6.07 Å². The molecule has 3 rings (SSSR count). The quantitative estimate of drug-likeness (QED) is 0.688. The molecule has 0 saturated carbocycles. The second kappa shape index (κ2) is 6.78. The number of anilines is 1. The number of thiophene rings is 1. The molecule has 0 spiro atoms. The van der Waals surface area contributed by atoms with E-state index in [2.05, 4.69) is 20.7 Å². The molecule has 0 radical (unpaired) electrons. The van der Waals surface area contributed by atoms with E-state index in [1.165, 1.54) is 23.1 Å². The van der Waals surface area contributed by atoms with Crippen molar-refractivity contribution in [2.24, 2.45) is 0 Å². The van der Waals surface area contributed by atoms with Crippen molar-refractivity contribution in [1.29, 1.82) is 0 Å². The molecule has 0 aliphatic carbocycles. The van der Waals surface area contributed by atoms with Gasteiger partial charge in [0.2, 0.25) is 11.8 Å². The molecule has 3 aromatic heterocycles. The minimum Gasteiger partial charge on any atom is -0.410 e. The van der Waals surface area contributed by atoms with E-state index in [0.717, 1.165) is 10.6 Å². The number of carbonyl (C=O) groups is 1. The Morgan fingerprint density at radius 3 is 2.88 bits per heavy atom. The minimum absolute atomic E-state index is 0.136. The van der Waals surface area contributed by atoms with Gasteiger partial charge < -0.3 is 8.94 Å². The molecule has 1 N–H and O–H groups in total. The Kier molecular flexibility index (Phi) is 4.72. The van der Waals surface area contributed by atoms with Crippen molar-refractivity contribution in [2.45, 2.75) is 31.4 Å². The highest BCUT2D eigenvalue weighted by Crippen LogP contribution is 2.27. The van der Waals surface area contributed by atoms with Gasteiger partial charge in [0.05, 0.1) is 16.3 Å². The van der Waals surface area contributed by atoms with Gasteiger partial charge in [-0.25, -0.2) is 0 Å². The highest BCUT2D eigenvalue weighted by Gasteiger charge is 2.20. The third kappa shape index (κ3) is 4.04. The molecule has 0 atom stereocenters. The first kappa shape index (κ1) is 16.7. The summed E-state index contributed by atoms with van der Waals surface area (Å²) in [4.78, 5) is 12.9. The largest absolute Gasteiger partial charge is 0.410 e. The maximum atomic E-state index is 12.0. The van der Waals surface area contributed by atoms with Gasteiger partial charge in [-0.2, -0.15) is 0 Å². The Hall–Kier alpha value is -2.13. The molecule has 3 aromatic rings. The summed E-state index contributed by atoms with van der Waals surface area (Å²) in [5.41, 5.74) is 0.645. The van der Waals surface area contributed by atoms with Crippen molar-refractivity contribution in [2.75, 3.05) is 11.1 Å². The topological polar surface area (TPSA) is 94.1 Å². The lowest BCUT2D eigenvalue weighted by atomic mass is 9.92. The van der Waals surface area contributed by atoms with E-state index < -0.39 is 0 Å². The normalized spacial score (nSPS) is 11.6. The molecule has 24 heavy (non-hydrogen) atoms. The number of aromatic nitrogens is 3. The van der Waals surface area contributed by atoms with Crippen LogP contribution in [-0.2, 0) is 10.2 Å². The zero-order chi connectivity index (χ0) is 17.2. The molecule has 0 aromatic carbocycles. The molecule has 1 amide bonds. The molecule has 9 heteroatoms. The molecule has 0 unspecified atom stereocenters. The zero-order valence-electron chi connectivity index (χ0n) is 13.4. The van der Waals surface area contributed by atoms with Crippen molar-refractivity contribution in [3.63, 3.8) is 0 Å². The lowest BCUT2D eigenvalue weighted by Crippen LogP contribution is -2.14. The highest BCUT2D eigenvalue weighted by atomic mass is 32.2. The molecule has 3 heterocycles. The number of rotatable bonds is 5. The van der Waals surface area contributed by atoms with Crippen LogP contribution >= 0.6 is 23.1 Å². The molecule has 0 aliphatic rings. The van der Waals surface area contributed by atoms with Gasteiger partial charge in [0.25, 0.3) is 11.1 Å². The van der Waals surface area contributed by atoms with E-state index in [-0.39, 0.29) is 17.1 Å². The standard InChI is InChI=1S/C15H16N4O3S2/c1-15(2,3)10-7-12(22-19-10)16-11(20)8-24-14-18-17-13(21-14)9-5-4-6-23-9/h4-7H,8H2,1-3H3,(H,16,20). The Balaban J connectivity index is 1.53. The van der Waals surface area contributed by atoms with Crippen molar-refractivity contribution in [3.8, 4) is 10.8 Å². The summed E-state index contributed by atoms with van der Waals surface area (Å²) in [6, 6.07) is 5.54. The van der Waals surface area contributed by atoms with E-state index >= 15 is 0 Å². The average Bonchev–Trinajstić information content (AvgIpc) is 3.25. The van der Waals surface area contributed by atoms with Crippen LogP contribution in [0.25, 0.3) is 10.8 Å². The first-order chi connectivity index (χ1) is 11.4. The Bertz CT molecular complexity index is 818. The summed E-state index contributed by atoms with van der Waals surface area (Å²) >= 11 is 2.68. The molecule has 126 valence electrons. The lowest BCUT2D eigenvalue weighted by molar-refractivity contribution is -0.113. The summed E-state index contributed by atoms with van der Waals surface area (Å²) < 4.78 is 10.6. The maximum Gasteiger partial charge on any atom is 0.277 e. The summed E-state index contributed by atoms with van der Waals surface area (Å²) in [5, 5.41) is 16.8. The van der Waals surface area contributed by atoms with Crippen LogP contribution in [0, 0.1) is 0 Å². The van der Waals surface area contributed by atoms with Gasteiger partial charge >= 0.3 is 0 Å². The van der Waals surface area contributed by atoms with Gasteiger partial charge in [0, 0.05) is 11.5 Å². The molecule has 7 nitrogen and oxygen atoms in total. The van der Waals surface area contributed by atoms with Gasteiger partial charge in [-0.1, -0.05) is 43.8 Å². The van der Waals surface area contributed by atoms with Crippen LogP contribution < -0.4 is 5.32 Å². The first-order valence-corrected chi connectivity index (χ1v) is 9.05. The summed E-state index contributed by atoms with van der Waals surface area (Å²) in [6.07, 6.45) is 0. The van der Waals surface area contributed by atoms with Crippen molar-refractivity contribution >= 4 is 34.9 Å². The predicted octanol–water partition coefficient (Wildman–Crippen LogP) is 3.81. The number of amides is 1. The average molecular weight is 364 g/mol. The van der Waals surface area contributed by atoms with Crippen LogP contribution in [0.5, 0.6) is 0 Å². The van der Waals surface area contributed by atoms with Crippen LogP contribution in [0.1, 0.15) is 26.5 Å².